The Morgan fingerprint density at radius 3 is 0.741 bits per heavy atom. The molecule has 0 fully saturated rings. The largest absolute Gasteiger partial charge is 0.179 e. The van der Waals surface area contributed by atoms with E-state index in [9.17, 15) is 0 Å². The molecule has 1 aliphatic heterocycles. The molecular formula is C50H40S2Si2. The van der Waals surface area contributed by atoms with Gasteiger partial charge in [0.1, 0.15) is 0 Å². The highest BCUT2D eigenvalue weighted by Crippen LogP contribution is 2.51. The quantitative estimate of drug-likeness (QED) is 0.0881. The summed E-state index contributed by atoms with van der Waals surface area (Å²) in [6.45, 7) is 4.68. The molecule has 0 atom stereocenters. The van der Waals surface area contributed by atoms with Gasteiger partial charge in [0.25, 0.3) is 0 Å². The van der Waals surface area contributed by atoms with Crippen molar-refractivity contribution >= 4 is 79.2 Å². The van der Waals surface area contributed by atoms with E-state index in [1.54, 1.807) is 0 Å². The van der Waals surface area contributed by atoms with Crippen molar-refractivity contribution in [3.8, 4) is 11.1 Å². The molecule has 0 aliphatic carbocycles. The summed E-state index contributed by atoms with van der Waals surface area (Å²) in [7, 11) is -1.69. The number of hydrogen-bond donors (Lipinski definition) is 0. The molecule has 54 heavy (non-hydrogen) atoms. The summed E-state index contributed by atoms with van der Waals surface area (Å²) in [5.74, 6) is 0. The number of fused-ring (bicyclic) bond motifs is 3. The van der Waals surface area contributed by atoms with Crippen LogP contribution in [0, 0.1) is 13.8 Å². The van der Waals surface area contributed by atoms with Crippen LogP contribution >= 0.6 is 21.6 Å². The summed E-state index contributed by atoms with van der Waals surface area (Å²) in [5, 5.41) is 11.3. The molecule has 8 aromatic rings. The lowest BCUT2D eigenvalue weighted by molar-refractivity contribution is 1.32. The molecule has 4 heteroatoms. The van der Waals surface area contributed by atoms with Crippen LogP contribution < -0.4 is 41.5 Å². The van der Waals surface area contributed by atoms with Crippen molar-refractivity contribution < 1.29 is 0 Å². The summed E-state index contributed by atoms with van der Waals surface area (Å²) in [6.07, 6.45) is 0. The summed E-state index contributed by atoms with van der Waals surface area (Å²) >= 11 is 0. The van der Waals surface area contributed by atoms with Gasteiger partial charge in [0, 0.05) is 9.79 Å². The topological polar surface area (TPSA) is 0 Å². The Labute approximate surface area is 329 Å². The Bertz CT molecular complexity index is 2170. The van der Waals surface area contributed by atoms with E-state index < -0.39 is 16.1 Å². The van der Waals surface area contributed by atoms with Gasteiger partial charge < -0.3 is 0 Å². The standard InChI is InChI=1S/C50H40S2Si2/c1-37-33-47-45(35-49(37)53(39-21-9-3-10-22-39,40-23-11-4-12-24-40)41-25-13-5-14-26-41)46-36-50(38(2)34-48(46)52-51-47)54(42-27-15-6-16-28-42,43-29-17-7-18-30-43)44-31-19-8-20-32-44/h3-36H,1-2H3. The molecule has 0 saturated heterocycles. The smallest absolute Gasteiger partial charge is 0.0623 e. The van der Waals surface area contributed by atoms with Crippen molar-refractivity contribution in [3.05, 3.63) is 217 Å². The number of rotatable bonds is 8. The highest BCUT2D eigenvalue weighted by atomic mass is 33.1. The highest BCUT2D eigenvalue weighted by molar-refractivity contribution is 8.76. The van der Waals surface area contributed by atoms with Crippen molar-refractivity contribution in [2.45, 2.75) is 23.6 Å². The first-order valence-corrected chi connectivity index (χ1v) is 24.7. The lowest BCUT2D eigenvalue weighted by atomic mass is 10.0. The molecule has 1 aliphatic rings. The van der Waals surface area contributed by atoms with E-state index in [4.69, 9.17) is 0 Å². The molecule has 0 spiro atoms. The van der Waals surface area contributed by atoms with E-state index in [2.05, 4.69) is 220 Å². The average Bonchev–Trinajstić information content (AvgIpc) is 3.24. The highest BCUT2D eigenvalue weighted by Gasteiger charge is 2.45. The summed E-state index contributed by atoms with van der Waals surface area (Å²) in [5.41, 5.74) is 5.38. The van der Waals surface area contributed by atoms with Gasteiger partial charge in [-0.05, 0) is 89.7 Å². The third-order valence-corrected chi connectivity index (χ3v) is 23.5. The van der Waals surface area contributed by atoms with Crippen LogP contribution in [0.3, 0.4) is 0 Å². The van der Waals surface area contributed by atoms with Crippen LogP contribution in [-0.2, 0) is 0 Å². The Morgan fingerprint density at radius 1 is 0.296 bits per heavy atom. The normalized spacial score (nSPS) is 12.5. The minimum absolute atomic E-state index is 1.34. The first-order valence-electron chi connectivity index (χ1n) is 18.6. The monoisotopic (exact) mass is 760 g/mol. The maximum atomic E-state index is 2.60. The minimum atomic E-state index is -2.75. The number of hydrogen-bond acceptors (Lipinski definition) is 2. The van der Waals surface area contributed by atoms with Gasteiger partial charge in [0.2, 0.25) is 0 Å². The van der Waals surface area contributed by atoms with Crippen molar-refractivity contribution in [2.75, 3.05) is 0 Å². The van der Waals surface area contributed by atoms with Crippen LogP contribution in [0.2, 0.25) is 0 Å². The molecule has 0 amide bonds. The zero-order valence-electron chi connectivity index (χ0n) is 30.4. The van der Waals surface area contributed by atoms with Crippen molar-refractivity contribution in [1.29, 1.82) is 0 Å². The fourth-order valence-corrected chi connectivity index (χ4v) is 21.5. The second-order valence-corrected chi connectivity index (χ2v) is 23.9. The summed E-state index contributed by atoms with van der Waals surface area (Å²) in [4.78, 5) is 2.68. The zero-order valence-corrected chi connectivity index (χ0v) is 34.1. The predicted octanol–water partition coefficient (Wildman–Crippen LogP) is 7.84. The fourth-order valence-electron chi connectivity index (χ4n) is 8.88. The van der Waals surface area contributed by atoms with E-state index in [-0.39, 0.29) is 0 Å². The lowest BCUT2D eigenvalue weighted by Gasteiger charge is -2.38. The molecule has 260 valence electrons. The maximum Gasteiger partial charge on any atom is 0.179 e. The van der Waals surface area contributed by atoms with E-state index in [1.807, 2.05) is 21.6 Å². The Kier molecular flexibility index (Phi) is 9.38. The van der Waals surface area contributed by atoms with Crippen LogP contribution in [0.15, 0.2) is 216 Å². The lowest BCUT2D eigenvalue weighted by Crippen LogP contribution is -2.75. The van der Waals surface area contributed by atoms with Crippen molar-refractivity contribution in [2.24, 2.45) is 0 Å². The average molecular weight is 761 g/mol. The van der Waals surface area contributed by atoms with Gasteiger partial charge in [-0.15, -0.1) is 0 Å². The summed E-state index contributed by atoms with van der Waals surface area (Å²) < 4.78 is 0. The van der Waals surface area contributed by atoms with E-state index in [0.29, 0.717) is 0 Å². The van der Waals surface area contributed by atoms with Gasteiger partial charge in [-0.2, -0.15) is 0 Å². The first kappa shape index (κ1) is 34.6. The Hall–Kier alpha value is -5.11. The van der Waals surface area contributed by atoms with E-state index in [0.717, 1.165) is 0 Å². The SMILES string of the molecule is Cc1cc2c(cc1[Si](c1ccccc1)(c1ccccc1)c1ccccc1)-c1cc([Si](c3ccccc3)(c3ccccc3)c3ccccc3)c(C)cc1SS2. The summed E-state index contributed by atoms with van der Waals surface area (Å²) in [6, 6.07) is 78.0. The van der Waals surface area contributed by atoms with Gasteiger partial charge >= 0.3 is 0 Å². The molecule has 0 aromatic heterocycles. The first-order chi connectivity index (χ1) is 26.6. The zero-order chi connectivity index (χ0) is 36.5. The number of benzene rings is 8. The molecule has 8 aromatic carbocycles. The van der Waals surface area contributed by atoms with Gasteiger partial charge in [-0.25, -0.2) is 0 Å². The van der Waals surface area contributed by atoms with Crippen LogP contribution in [0.5, 0.6) is 0 Å². The molecule has 0 bridgehead atoms. The van der Waals surface area contributed by atoms with Gasteiger partial charge in [0.15, 0.2) is 16.1 Å². The van der Waals surface area contributed by atoms with Crippen LogP contribution in [0.4, 0.5) is 0 Å². The Morgan fingerprint density at radius 2 is 0.519 bits per heavy atom. The minimum Gasteiger partial charge on any atom is -0.0623 e. The predicted molar refractivity (Wildman–Crippen MR) is 240 cm³/mol. The van der Waals surface area contributed by atoms with Gasteiger partial charge in [-0.1, -0.05) is 216 Å². The van der Waals surface area contributed by atoms with Crippen LogP contribution in [0.25, 0.3) is 11.1 Å². The van der Waals surface area contributed by atoms with Gasteiger partial charge in [0.05, 0.1) is 0 Å². The van der Waals surface area contributed by atoms with Gasteiger partial charge in [-0.3, -0.25) is 0 Å². The van der Waals surface area contributed by atoms with Crippen LogP contribution in [-0.4, -0.2) is 16.1 Å². The third kappa shape index (κ3) is 5.68. The molecule has 0 unspecified atom stereocenters. The van der Waals surface area contributed by atoms with E-state index >= 15 is 0 Å². The number of aryl methyl sites for hydroxylation is 2. The molecule has 0 radical (unpaired) electrons. The third-order valence-electron chi connectivity index (χ3n) is 11.2. The van der Waals surface area contributed by atoms with Crippen LogP contribution in [0.1, 0.15) is 11.1 Å². The maximum absolute atomic E-state index is 2.75. The molecular weight excluding hydrogens is 721 g/mol. The second kappa shape index (κ2) is 14.6. The fraction of sp³-hybridized carbons (Fsp3) is 0.0400. The Balaban J connectivity index is 1.36. The molecule has 9 rings (SSSR count). The van der Waals surface area contributed by atoms with Crippen molar-refractivity contribution in [1.82, 2.24) is 0 Å². The van der Waals surface area contributed by atoms with Crippen molar-refractivity contribution in [3.63, 3.8) is 0 Å². The molecule has 0 N–H and O–H groups in total. The second-order valence-electron chi connectivity index (χ2n) is 14.2. The molecule has 0 nitrogen and oxygen atoms in total. The molecule has 0 saturated carbocycles. The van der Waals surface area contributed by atoms with E-state index in [1.165, 1.54) is 73.5 Å². The molecule has 1 heterocycles.